The zero-order valence-corrected chi connectivity index (χ0v) is 14.3. The smallest absolute Gasteiger partial charge is 0.250 e. The van der Waals surface area contributed by atoms with Gasteiger partial charge in [0, 0.05) is 25.5 Å². The first-order valence-electron chi connectivity index (χ1n) is 8.37. The Labute approximate surface area is 146 Å². The van der Waals surface area contributed by atoms with Crippen LogP contribution in [0.4, 0.5) is 5.69 Å². The minimum Gasteiger partial charge on any atom is -0.337 e. The molecule has 1 atom stereocenters. The quantitative estimate of drug-likeness (QED) is 0.734. The minimum absolute atomic E-state index is 0.0202. The van der Waals surface area contributed by atoms with Gasteiger partial charge in [-0.15, -0.1) is 0 Å². The molecule has 25 heavy (non-hydrogen) atoms. The van der Waals surface area contributed by atoms with Crippen molar-refractivity contribution in [2.45, 2.75) is 32.7 Å². The Kier molecular flexibility index (Phi) is 3.84. The fraction of sp³-hybridized carbons (Fsp3) is 0.250. The van der Waals surface area contributed by atoms with Crippen LogP contribution in [0, 0.1) is 6.92 Å². The van der Waals surface area contributed by atoms with Crippen molar-refractivity contribution in [1.82, 2.24) is 10.1 Å². The Morgan fingerprint density at radius 3 is 2.72 bits per heavy atom. The maximum atomic E-state index is 12.2. The van der Waals surface area contributed by atoms with E-state index in [1.54, 1.807) is 11.8 Å². The van der Waals surface area contributed by atoms with Crippen LogP contribution in [-0.4, -0.2) is 16.0 Å². The molecule has 0 spiro atoms. The second kappa shape index (κ2) is 6.16. The highest BCUT2D eigenvalue weighted by atomic mass is 16.5. The van der Waals surface area contributed by atoms with Crippen LogP contribution in [0.15, 0.2) is 53.1 Å². The van der Waals surface area contributed by atoms with E-state index in [-0.39, 0.29) is 11.9 Å². The fourth-order valence-electron chi connectivity index (χ4n) is 3.34. The summed E-state index contributed by atoms with van der Waals surface area (Å²) in [5.74, 6) is 1.11. The van der Waals surface area contributed by atoms with Crippen LogP contribution in [0.2, 0.25) is 0 Å². The molecule has 1 aromatic heterocycles. The van der Waals surface area contributed by atoms with Crippen molar-refractivity contribution in [2.24, 2.45) is 0 Å². The van der Waals surface area contributed by atoms with Crippen molar-refractivity contribution < 1.29 is 9.32 Å². The number of aromatic nitrogens is 2. The zero-order valence-electron chi connectivity index (χ0n) is 14.3. The summed E-state index contributed by atoms with van der Waals surface area (Å²) in [6.45, 7) is 3.63. The van der Waals surface area contributed by atoms with Gasteiger partial charge < -0.3 is 4.52 Å². The van der Waals surface area contributed by atoms with E-state index in [2.05, 4.69) is 41.3 Å². The number of carbonyl (C=O) groups is 1. The first kappa shape index (κ1) is 15.6. The number of hydrogen-bond acceptors (Lipinski definition) is 4. The highest BCUT2D eigenvalue weighted by Gasteiger charge is 2.36. The number of para-hydroxylation sites is 1. The lowest BCUT2D eigenvalue weighted by Gasteiger charge is -2.21. The van der Waals surface area contributed by atoms with E-state index < -0.39 is 0 Å². The second-order valence-corrected chi connectivity index (χ2v) is 6.45. The lowest BCUT2D eigenvalue weighted by atomic mass is 10.1. The van der Waals surface area contributed by atoms with Crippen LogP contribution in [0.3, 0.4) is 0 Å². The van der Waals surface area contributed by atoms with Gasteiger partial charge in [0.05, 0.1) is 0 Å². The Bertz CT molecular complexity index is 915. The molecule has 2 heterocycles. The molecule has 0 aliphatic carbocycles. The van der Waals surface area contributed by atoms with E-state index in [1.807, 2.05) is 24.3 Å². The lowest BCUT2D eigenvalue weighted by Crippen LogP contribution is -2.30. The molecule has 0 fully saturated rings. The van der Waals surface area contributed by atoms with Crippen molar-refractivity contribution in [3.63, 3.8) is 0 Å². The van der Waals surface area contributed by atoms with Crippen molar-refractivity contribution >= 4 is 11.6 Å². The predicted octanol–water partition coefficient (Wildman–Crippen LogP) is 3.62. The number of benzene rings is 2. The molecule has 126 valence electrons. The SMILES string of the molecule is CC(=O)N1c2ccccc2C[C@H]1c1nc(Cc2ccc(C)cc2)no1. The van der Waals surface area contributed by atoms with E-state index >= 15 is 0 Å². The van der Waals surface area contributed by atoms with Crippen molar-refractivity contribution in [2.75, 3.05) is 4.90 Å². The standard InChI is InChI=1S/C20H19N3O2/c1-13-7-9-15(10-8-13)11-19-21-20(25-22-19)18-12-16-5-3-4-6-17(16)23(18)14(2)24/h3-10,18H,11-12H2,1-2H3/t18-/m0/s1. The number of fused-ring (bicyclic) bond motifs is 1. The van der Waals surface area contributed by atoms with E-state index in [9.17, 15) is 4.79 Å². The van der Waals surface area contributed by atoms with Gasteiger partial charge in [0.2, 0.25) is 11.8 Å². The van der Waals surface area contributed by atoms with Crippen molar-refractivity contribution in [3.8, 4) is 0 Å². The van der Waals surface area contributed by atoms with Gasteiger partial charge in [0.25, 0.3) is 0 Å². The molecule has 0 saturated carbocycles. The summed E-state index contributed by atoms with van der Waals surface area (Å²) in [6.07, 6.45) is 1.31. The van der Waals surface area contributed by atoms with Gasteiger partial charge in [0.15, 0.2) is 5.82 Å². The molecule has 2 aromatic carbocycles. The van der Waals surface area contributed by atoms with Gasteiger partial charge in [-0.1, -0.05) is 53.2 Å². The maximum absolute atomic E-state index is 12.2. The molecule has 0 radical (unpaired) electrons. The van der Waals surface area contributed by atoms with Crippen LogP contribution in [-0.2, 0) is 17.6 Å². The third-order valence-corrected chi connectivity index (χ3v) is 4.57. The Hall–Kier alpha value is -2.95. The Morgan fingerprint density at radius 1 is 1.20 bits per heavy atom. The molecule has 0 unspecified atom stereocenters. The van der Waals surface area contributed by atoms with Gasteiger partial charge in [-0.25, -0.2) is 0 Å². The molecule has 0 bridgehead atoms. The average molecular weight is 333 g/mol. The Morgan fingerprint density at radius 2 is 1.96 bits per heavy atom. The minimum atomic E-state index is -0.228. The van der Waals surface area contributed by atoms with E-state index in [0.717, 1.165) is 16.8 Å². The van der Waals surface area contributed by atoms with E-state index in [4.69, 9.17) is 4.52 Å². The fourth-order valence-corrected chi connectivity index (χ4v) is 3.34. The third-order valence-electron chi connectivity index (χ3n) is 4.57. The van der Waals surface area contributed by atoms with Crippen LogP contribution >= 0.6 is 0 Å². The summed E-state index contributed by atoms with van der Waals surface area (Å²) in [5, 5.41) is 4.11. The van der Waals surface area contributed by atoms with Crippen LogP contribution in [0.5, 0.6) is 0 Å². The second-order valence-electron chi connectivity index (χ2n) is 6.45. The molecule has 0 saturated heterocycles. The average Bonchev–Trinajstić information content (AvgIpc) is 3.21. The number of anilines is 1. The molecule has 4 rings (SSSR count). The molecule has 1 amide bonds. The van der Waals surface area contributed by atoms with Crippen LogP contribution < -0.4 is 4.90 Å². The van der Waals surface area contributed by atoms with Gasteiger partial charge in [0.1, 0.15) is 6.04 Å². The normalized spacial score (nSPS) is 16.1. The molecule has 3 aromatic rings. The summed E-state index contributed by atoms with van der Waals surface area (Å²) in [5.41, 5.74) is 4.41. The van der Waals surface area contributed by atoms with E-state index in [0.29, 0.717) is 24.6 Å². The maximum Gasteiger partial charge on any atom is 0.250 e. The summed E-state index contributed by atoms with van der Waals surface area (Å²) >= 11 is 0. The van der Waals surface area contributed by atoms with Gasteiger partial charge in [-0.3, -0.25) is 9.69 Å². The van der Waals surface area contributed by atoms with Crippen molar-refractivity contribution in [3.05, 3.63) is 76.9 Å². The molecular weight excluding hydrogens is 314 g/mol. The van der Waals surface area contributed by atoms with Gasteiger partial charge in [-0.05, 0) is 24.1 Å². The summed E-state index contributed by atoms with van der Waals surface area (Å²) in [7, 11) is 0. The van der Waals surface area contributed by atoms with Crippen LogP contribution in [0.1, 0.15) is 41.4 Å². The highest BCUT2D eigenvalue weighted by molar-refractivity contribution is 5.94. The molecule has 1 aliphatic rings. The Balaban J connectivity index is 1.59. The summed E-state index contributed by atoms with van der Waals surface area (Å²) in [4.78, 5) is 18.5. The molecule has 0 N–H and O–H groups in total. The van der Waals surface area contributed by atoms with Gasteiger partial charge >= 0.3 is 0 Å². The first-order chi connectivity index (χ1) is 12.1. The molecular formula is C20H19N3O2. The topological polar surface area (TPSA) is 59.2 Å². The zero-order chi connectivity index (χ0) is 17.4. The number of nitrogens with zero attached hydrogens (tertiary/aromatic N) is 3. The number of amides is 1. The molecule has 1 aliphatic heterocycles. The monoisotopic (exact) mass is 333 g/mol. The molecule has 5 nitrogen and oxygen atoms in total. The third kappa shape index (κ3) is 2.93. The van der Waals surface area contributed by atoms with Gasteiger partial charge in [-0.2, -0.15) is 4.98 Å². The number of hydrogen-bond donors (Lipinski definition) is 0. The first-order valence-corrected chi connectivity index (χ1v) is 8.37. The van der Waals surface area contributed by atoms with Crippen LogP contribution in [0.25, 0.3) is 0 Å². The van der Waals surface area contributed by atoms with E-state index in [1.165, 1.54) is 5.56 Å². The highest BCUT2D eigenvalue weighted by Crippen LogP contribution is 2.39. The molecule has 5 heteroatoms. The summed E-state index contributed by atoms with van der Waals surface area (Å²) in [6, 6.07) is 16.0. The largest absolute Gasteiger partial charge is 0.337 e. The number of rotatable bonds is 3. The number of carbonyl (C=O) groups excluding carboxylic acids is 1. The lowest BCUT2D eigenvalue weighted by molar-refractivity contribution is -0.117. The van der Waals surface area contributed by atoms with Crippen molar-refractivity contribution in [1.29, 1.82) is 0 Å². The predicted molar refractivity (Wildman–Crippen MR) is 94.3 cm³/mol. The number of aryl methyl sites for hydroxylation is 1. The summed E-state index contributed by atoms with van der Waals surface area (Å²) < 4.78 is 5.50.